The van der Waals surface area contributed by atoms with Gasteiger partial charge >= 0.3 is 0 Å². The standard InChI is InChI=1S/C28H33N3O7/c1-2-3-17-38-23-11-7-21(8-12-23)26(32)24-25(20-5-9-22(10-6-20)31(35)36)30(28(34)27(24)33)14-4-13-29-15-18-37-19-16-29/h5-12,25,32H,2-4,13-19H2,1H3/b26-24+. The number of aliphatic hydroxyl groups is 1. The maximum atomic E-state index is 13.2. The van der Waals surface area contributed by atoms with Crippen molar-refractivity contribution in [2.24, 2.45) is 0 Å². The maximum absolute atomic E-state index is 13.2. The van der Waals surface area contributed by atoms with E-state index in [2.05, 4.69) is 11.8 Å². The number of non-ortho nitro benzene ring substituents is 1. The molecule has 2 aliphatic rings. The zero-order valence-electron chi connectivity index (χ0n) is 21.5. The van der Waals surface area contributed by atoms with Gasteiger partial charge in [-0.1, -0.05) is 13.3 Å². The van der Waals surface area contributed by atoms with Crippen LogP contribution in [0, 0.1) is 10.1 Å². The van der Waals surface area contributed by atoms with Crippen molar-refractivity contribution >= 4 is 23.1 Å². The second kappa shape index (κ2) is 12.7. The van der Waals surface area contributed by atoms with Crippen LogP contribution in [0.3, 0.4) is 0 Å². The van der Waals surface area contributed by atoms with Gasteiger partial charge in [-0.25, -0.2) is 0 Å². The van der Waals surface area contributed by atoms with Gasteiger partial charge in [-0.3, -0.25) is 24.6 Å². The van der Waals surface area contributed by atoms with Crippen LogP contribution in [0.1, 0.15) is 43.4 Å². The van der Waals surface area contributed by atoms with Crippen LogP contribution in [0.25, 0.3) is 5.76 Å². The Bertz CT molecular complexity index is 1170. The molecule has 1 atom stereocenters. The minimum atomic E-state index is -0.860. The third-order valence-corrected chi connectivity index (χ3v) is 6.83. The Morgan fingerprint density at radius 2 is 1.74 bits per heavy atom. The van der Waals surface area contributed by atoms with E-state index in [0.29, 0.717) is 49.7 Å². The first-order chi connectivity index (χ1) is 18.4. The number of likely N-dealkylation sites (tertiary alicyclic amines) is 1. The molecule has 2 heterocycles. The maximum Gasteiger partial charge on any atom is 0.295 e. The average Bonchev–Trinajstić information content (AvgIpc) is 3.19. The number of unbranched alkanes of at least 4 members (excludes halogenated alkanes) is 1. The number of morpholine rings is 1. The van der Waals surface area contributed by atoms with Gasteiger partial charge in [-0.15, -0.1) is 0 Å². The molecule has 0 saturated carbocycles. The summed E-state index contributed by atoms with van der Waals surface area (Å²) in [5.41, 5.74) is 0.764. The Balaban J connectivity index is 1.63. The minimum Gasteiger partial charge on any atom is -0.507 e. The molecule has 0 spiro atoms. The summed E-state index contributed by atoms with van der Waals surface area (Å²) < 4.78 is 11.1. The fourth-order valence-electron chi connectivity index (χ4n) is 4.72. The van der Waals surface area contributed by atoms with Crippen molar-refractivity contribution in [1.82, 2.24) is 9.80 Å². The number of ether oxygens (including phenoxy) is 2. The summed E-state index contributed by atoms with van der Waals surface area (Å²) in [5, 5.41) is 22.4. The summed E-state index contributed by atoms with van der Waals surface area (Å²) in [6, 6.07) is 11.6. The van der Waals surface area contributed by atoms with E-state index in [4.69, 9.17) is 9.47 Å². The van der Waals surface area contributed by atoms with Gasteiger partial charge in [0.1, 0.15) is 11.5 Å². The number of hydrogen-bond donors (Lipinski definition) is 1. The fourth-order valence-corrected chi connectivity index (χ4v) is 4.72. The number of benzene rings is 2. The summed E-state index contributed by atoms with van der Waals surface area (Å²) in [6.07, 6.45) is 2.56. The number of rotatable bonds is 11. The van der Waals surface area contributed by atoms with Crippen LogP contribution in [0.2, 0.25) is 0 Å². The third kappa shape index (κ3) is 6.20. The van der Waals surface area contributed by atoms with Crippen LogP contribution < -0.4 is 4.74 Å². The number of amides is 1. The van der Waals surface area contributed by atoms with Crippen molar-refractivity contribution in [3.8, 4) is 5.75 Å². The summed E-state index contributed by atoms with van der Waals surface area (Å²) >= 11 is 0. The number of carbonyl (C=O) groups is 2. The first kappa shape index (κ1) is 27.3. The van der Waals surface area contributed by atoms with E-state index in [1.165, 1.54) is 29.2 Å². The predicted molar refractivity (Wildman–Crippen MR) is 141 cm³/mol. The van der Waals surface area contributed by atoms with Crippen molar-refractivity contribution in [2.45, 2.75) is 32.2 Å². The van der Waals surface area contributed by atoms with E-state index in [1.807, 2.05) is 0 Å². The van der Waals surface area contributed by atoms with Crippen molar-refractivity contribution in [1.29, 1.82) is 0 Å². The SMILES string of the molecule is CCCCOc1ccc(/C(O)=C2\C(=O)C(=O)N(CCCN3CCOCC3)C2c2ccc([N+](=O)[O-])cc2)cc1. The zero-order chi connectivity index (χ0) is 27.1. The smallest absolute Gasteiger partial charge is 0.295 e. The molecule has 2 aromatic carbocycles. The number of Topliss-reactive ketones (excluding diaryl/α,β-unsaturated/α-hetero) is 1. The van der Waals surface area contributed by atoms with Crippen molar-refractivity contribution < 1.29 is 29.1 Å². The summed E-state index contributed by atoms with van der Waals surface area (Å²) in [7, 11) is 0. The molecule has 10 heteroatoms. The molecular weight excluding hydrogens is 490 g/mol. The highest BCUT2D eigenvalue weighted by atomic mass is 16.6. The van der Waals surface area contributed by atoms with Gasteiger partial charge < -0.3 is 19.5 Å². The monoisotopic (exact) mass is 523 g/mol. The molecule has 2 saturated heterocycles. The number of hydrogen-bond acceptors (Lipinski definition) is 8. The van der Waals surface area contributed by atoms with Crippen LogP contribution in [0.5, 0.6) is 5.75 Å². The van der Waals surface area contributed by atoms with Crippen molar-refractivity contribution in [2.75, 3.05) is 46.0 Å². The lowest BCUT2D eigenvalue weighted by atomic mass is 9.95. The molecule has 0 aromatic heterocycles. The third-order valence-electron chi connectivity index (χ3n) is 6.83. The lowest BCUT2D eigenvalue weighted by Gasteiger charge is -2.29. The van der Waals surface area contributed by atoms with Gasteiger partial charge in [-0.2, -0.15) is 0 Å². The number of carbonyl (C=O) groups excluding carboxylic acids is 2. The van der Waals surface area contributed by atoms with Crippen LogP contribution >= 0.6 is 0 Å². The second-order valence-corrected chi connectivity index (χ2v) is 9.38. The summed E-state index contributed by atoms with van der Waals surface area (Å²) in [6.45, 7) is 6.63. The molecule has 2 aliphatic heterocycles. The minimum absolute atomic E-state index is 0.0325. The van der Waals surface area contributed by atoms with Gasteiger partial charge in [-0.05, 0) is 54.8 Å². The normalized spacial score (nSPS) is 19.6. The largest absolute Gasteiger partial charge is 0.507 e. The van der Waals surface area contributed by atoms with E-state index in [9.17, 15) is 24.8 Å². The molecule has 1 unspecified atom stereocenters. The van der Waals surface area contributed by atoms with Gasteiger partial charge in [0, 0.05) is 43.9 Å². The zero-order valence-corrected chi connectivity index (χ0v) is 21.5. The average molecular weight is 524 g/mol. The Labute approximate surface area is 221 Å². The first-order valence-corrected chi connectivity index (χ1v) is 13.0. The van der Waals surface area contributed by atoms with Gasteiger partial charge in [0.25, 0.3) is 17.4 Å². The van der Waals surface area contributed by atoms with Gasteiger partial charge in [0.2, 0.25) is 0 Å². The molecule has 10 nitrogen and oxygen atoms in total. The predicted octanol–water partition coefficient (Wildman–Crippen LogP) is 3.92. The lowest BCUT2D eigenvalue weighted by molar-refractivity contribution is -0.384. The molecule has 2 aromatic rings. The Kier molecular flexibility index (Phi) is 9.09. The van der Waals surface area contributed by atoms with E-state index in [-0.39, 0.29) is 17.0 Å². The highest BCUT2D eigenvalue weighted by Crippen LogP contribution is 2.40. The first-order valence-electron chi connectivity index (χ1n) is 13.0. The quantitative estimate of drug-likeness (QED) is 0.117. The van der Waals surface area contributed by atoms with Crippen LogP contribution in [-0.4, -0.2) is 77.5 Å². The number of nitro groups is 1. The fraction of sp³-hybridized carbons (Fsp3) is 0.429. The highest BCUT2D eigenvalue weighted by Gasteiger charge is 2.46. The molecular formula is C28H33N3O7. The Morgan fingerprint density at radius 3 is 2.37 bits per heavy atom. The number of ketones is 1. The molecule has 38 heavy (non-hydrogen) atoms. The molecule has 0 bridgehead atoms. The van der Waals surface area contributed by atoms with E-state index < -0.39 is 22.7 Å². The number of aliphatic hydroxyl groups excluding tert-OH is 1. The molecule has 1 N–H and O–H groups in total. The van der Waals surface area contributed by atoms with Gasteiger partial charge in [0.05, 0.1) is 36.4 Å². The molecule has 4 rings (SSSR count). The number of nitro benzene ring substituents is 1. The molecule has 0 radical (unpaired) electrons. The summed E-state index contributed by atoms with van der Waals surface area (Å²) in [4.78, 5) is 40.8. The van der Waals surface area contributed by atoms with E-state index in [0.717, 1.165) is 32.5 Å². The molecule has 1 amide bonds. The van der Waals surface area contributed by atoms with Crippen LogP contribution in [-0.2, 0) is 14.3 Å². The Hall–Kier alpha value is -3.76. The number of nitrogens with zero attached hydrogens (tertiary/aromatic N) is 3. The van der Waals surface area contributed by atoms with Crippen LogP contribution in [0.15, 0.2) is 54.1 Å². The molecule has 0 aliphatic carbocycles. The second-order valence-electron chi connectivity index (χ2n) is 9.38. The Morgan fingerprint density at radius 1 is 1.05 bits per heavy atom. The van der Waals surface area contributed by atoms with Crippen LogP contribution in [0.4, 0.5) is 5.69 Å². The molecule has 2 fully saturated rings. The van der Waals surface area contributed by atoms with E-state index in [1.54, 1.807) is 24.3 Å². The van der Waals surface area contributed by atoms with Crippen molar-refractivity contribution in [3.05, 3.63) is 75.3 Å². The topological polar surface area (TPSA) is 122 Å². The van der Waals surface area contributed by atoms with Gasteiger partial charge in [0.15, 0.2) is 0 Å². The lowest BCUT2D eigenvalue weighted by Crippen LogP contribution is -2.38. The highest BCUT2D eigenvalue weighted by molar-refractivity contribution is 6.46. The van der Waals surface area contributed by atoms with Crippen molar-refractivity contribution in [3.63, 3.8) is 0 Å². The molecule has 202 valence electrons. The summed E-state index contributed by atoms with van der Waals surface area (Å²) in [5.74, 6) is -1.12. The van der Waals surface area contributed by atoms with E-state index >= 15 is 0 Å².